The molecule has 1 aliphatic heterocycles. The van der Waals surface area contributed by atoms with Crippen molar-refractivity contribution in [3.8, 4) is 0 Å². The van der Waals surface area contributed by atoms with Crippen LogP contribution in [0.5, 0.6) is 0 Å². The van der Waals surface area contributed by atoms with E-state index in [0.717, 1.165) is 0 Å². The molecule has 0 aromatic carbocycles. The molecule has 1 saturated heterocycles. The number of aliphatic hydroxyl groups is 1. The Morgan fingerprint density at radius 2 is 2.45 bits per heavy atom. The first-order valence-electron chi connectivity index (χ1n) is 3.42. The SMILES string of the molecule is COC(=O)C1CC(O)CN1P. The minimum absolute atomic E-state index is 0.281. The van der Waals surface area contributed by atoms with Gasteiger partial charge in [-0.3, -0.25) is 9.46 Å². The number of hydrogen-bond donors (Lipinski definition) is 1. The van der Waals surface area contributed by atoms with Crippen LogP contribution in [0, 0.1) is 0 Å². The van der Waals surface area contributed by atoms with E-state index in [9.17, 15) is 4.79 Å². The molecule has 0 saturated carbocycles. The second-order valence-corrected chi connectivity index (χ2v) is 3.29. The molecule has 1 fully saturated rings. The first-order valence-corrected chi connectivity index (χ1v) is 3.94. The zero-order valence-electron chi connectivity index (χ0n) is 6.36. The van der Waals surface area contributed by atoms with Crippen molar-refractivity contribution in [2.75, 3.05) is 13.7 Å². The van der Waals surface area contributed by atoms with E-state index in [1.54, 1.807) is 4.67 Å². The lowest BCUT2D eigenvalue weighted by Gasteiger charge is -2.14. The summed E-state index contributed by atoms with van der Waals surface area (Å²) in [7, 11) is 3.76. The summed E-state index contributed by atoms with van der Waals surface area (Å²) in [5, 5.41) is 9.15. The van der Waals surface area contributed by atoms with Gasteiger partial charge in [0.2, 0.25) is 0 Å². The van der Waals surface area contributed by atoms with Crippen molar-refractivity contribution in [1.82, 2.24) is 4.67 Å². The fourth-order valence-corrected chi connectivity index (χ4v) is 1.69. The average molecular weight is 177 g/mol. The summed E-state index contributed by atoms with van der Waals surface area (Å²) in [5.74, 6) is -0.281. The molecule has 3 unspecified atom stereocenters. The Kier molecular flexibility index (Phi) is 2.82. The molecular formula is C6H12NO3P. The molecule has 0 bridgehead atoms. The van der Waals surface area contributed by atoms with Crippen molar-refractivity contribution in [3.63, 3.8) is 0 Å². The predicted molar refractivity (Wildman–Crippen MR) is 42.8 cm³/mol. The van der Waals surface area contributed by atoms with Crippen LogP contribution in [-0.2, 0) is 9.53 Å². The maximum Gasteiger partial charge on any atom is 0.323 e. The quantitative estimate of drug-likeness (QED) is 0.428. The molecule has 0 radical (unpaired) electrons. The summed E-state index contributed by atoms with van der Waals surface area (Å²) < 4.78 is 6.27. The molecule has 0 spiro atoms. The van der Waals surface area contributed by atoms with Crippen molar-refractivity contribution in [2.24, 2.45) is 0 Å². The highest BCUT2D eigenvalue weighted by Gasteiger charge is 2.34. The van der Waals surface area contributed by atoms with Gasteiger partial charge in [-0.15, -0.1) is 0 Å². The van der Waals surface area contributed by atoms with Crippen molar-refractivity contribution in [3.05, 3.63) is 0 Å². The summed E-state index contributed by atoms with van der Waals surface area (Å²) in [5.41, 5.74) is 0. The van der Waals surface area contributed by atoms with E-state index in [4.69, 9.17) is 5.11 Å². The fourth-order valence-electron chi connectivity index (χ4n) is 1.21. The lowest BCUT2D eigenvalue weighted by atomic mass is 10.2. The van der Waals surface area contributed by atoms with Gasteiger partial charge >= 0.3 is 5.97 Å². The van der Waals surface area contributed by atoms with E-state index < -0.39 is 6.10 Å². The molecule has 0 aromatic rings. The molecular weight excluding hydrogens is 165 g/mol. The summed E-state index contributed by atoms with van der Waals surface area (Å²) in [6.45, 7) is 0.518. The monoisotopic (exact) mass is 177 g/mol. The number of aliphatic hydroxyl groups excluding tert-OH is 1. The third kappa shape index (κ3) is 1.89. The predicted octanol–water partition coefficient (Wildman–Crippen LogP) is -0.615. The topological polar surface area (TPSA) is 49.8 Å². The Hall–Kier alpha value is -0.180. The lowest BCUT2D eigenvalue weighted by molar-refractivity contribution is -0.144. The molecule has 5 heteroatoms. The Labute approximate surface area is 67.8 Å². The van der Waals surface area contributed by atoms with Crippen LogP contribution in [0.15, 0.2) is 0 Å². The molecule has 0 aromatic heterocycles. The molecule has 11 heavy (non-hydrogen) atoms. The van der Waals surface area contributed by atoms with Crippen LogP contribution in [-0.4, -0.2) is 41.5 Å². The van der Waals surface area contributed by atoms with Gasteiger partial charge in [-0.25, -0.2) is 0 Å². The van der Waals surface area contributed by atoms with Crippen LogP contribution in [0.25, 0.3) is 0 Å². The van der Waals surface area contributed by atoms with Crippen molar-refractivity contribution in [2.45, 2.75) is 18.6 Å². The number of carbonyl (C=O) groups excluding carboxylic acids is 1. The van der Waals surface area contributed by atoms with Crippen molar-refractivity contribution in [1.29, 1.82) is 0 Å². The molecule has 1 N–H and O–H groups in total. The number of methoxy groups -OCH3 is 1. The summed E-state index contributed by atoms with van der Waals surface area (Å²) >= 11 is 0. The number of hydrogen-bond acceptors (Lipinski definition) is 4. The average Bonchev–Trinajstić information content (AvgIpc) is 2.28. The van der Waals surface area contributed by atoms with Gasteiger partial charge in [0.15, 0.2) is 0 Å². The van der Waals surface area contributed by atoms with E-state index in [-0.39, 0.29) is 12.0 Å². The van der Waals surface area contributed by atoms with E-state index in [1.807, 2.05) is 0 Å². The largest absolute Gasteiger partial charge is 0.468 e. The van der Waals surface area contributed by atoms with Gasteiger partial charge in [-0.05, 0) is 0 Å². The summed E-state index contributed by atoms with van der Waals surface area (Å²) in [4.78, 5) is 11.0. The van der Waals surface area contributed by atoms with Gasteiger partial charge in [-0.1, -0.05) is 9.39 Å². The van der Waals surface area contributed by atoms with Crippen LogP contribution >= 0.6 is 9.39 Å². The standard InChI is InChI=1S/C6H12NO3P/c1-10-6(9)5-2-4(8)3-7(5)11/h4-5,8H,2-3,11H2,1H3. The van der Waals surface area contributed by atoms with Crippen LogP contribution in [0.2, 0.25) is 0 Å². The summed E-state index contributed by atoms with van der Waals surface area (Å²) in [6, 6.07) is -0.292. The van der Waals surface area contributed by atoms with E-state index in [2.05, 4.69) is 14.1 Å². The second kappa shape index (κ2) is 3.48. The molecule has 64 valence electrons. The molecule has 1 aliphatic rings. The number of ether oxygens (including phenoxy) is 1. The van der Waals surface area contributed by atoms with Gasteiger partial charge in [0.1, 0.15) is 6.04 Å². The van der Waals surface area contributed by atoms with Gasteiger partial charge in [-0.2, -0.15) is 0 Å². The molecule has 0 amide bonds. The minimum atomic E-state index is -0.406. The number of β-amino-alcohol motifs (C(OH)–C–C–N with tert-alkyl or cyclic N) is 1. The van der Waals surface area contributed by atoms with E-state index in [0.29, 0.717) is 13.0 Å². The number of carbonyl (C=O) groups is 1. The van der Waals surface area contributed by atoms with Crippen molar-refractivity contribution < 1.29 is 14.6 Å². The van der Waals surface area contributed by atoms with Gasteiger partial charge < -0.3 is 9.84 Å². The normalized spacial score (nSPS) is 32.3. The molecule has 3 atom stereocenters. The summed E-state index contributed by atoms with van der Waals surface area (Å²) in [6.07, 6.45) is 0.0625. The van der Waals surface area contributed by atoms with Crippen LogP contribution in [0.3, 0.4) is 0 Å². The molecule has 1 heterocycles. The molecule has 1 rings (SSSR count). The lowest BCUT2D eigenvalue weighted by Crippen LogP contribution is -2.29. The van der Waals surface area contributed by atoms with Crippen LogP contribution < -0.4 is 0 Å². The highest BCUT2D eigenvalue weighted by Crippen LogP contribution is 2.21. The Balaban J connectivity index is 2.52. The zero-order valence-corrected chi connectivity index (χ0v) is 7.51. The minimum Gasteiger partial charge on any atom is -0.468 e. The first kappa shape index (κ1) is 8.91. The maximum atomic E-state index is 11.0. The highest BCUT2D eigenvalue weighted by atomic mass is 31.0. The van der Waals surface area contributed by atoms with E-state index in [1.165, 1.54) is 7.11 Å². The Morgan fingerprint density at radius 3 is 2.82 bits per heavy atom. The third-order valence-electron chi connectivity index (χ3n) is 1.79. The Morgan fingerprint density at radius 1 is 1.82 bits per heavy atom. The number of esters is 1. The highest BCUT2D eigenvalue weighted by molar-refractivity contribution is 7.13. The Bertz CT molecular complexity index is 164. The second-order valence-electron chi connectivity index (χ2n) is 2.63. The van der Waals surface area contributed by atoms with Crippen LogP contribution in [0.4, 0.5) is 0 Å². The van der Waals surface area contributed by atoms with Gasteiger partial charge in [0, 0.05) is 13.0 Å². The molecule has 0 aliphatic carbocycles. The smallest absolute Gasteiger partial charge is 0.323 e. The zero-order chi connectivity index (χ0) is 8.43. The number of nitrogens with zero attached hydrogens (tertiary/aromatic N) is 1. The first-order chi connectivity index (χ1) is 5.15. The van der Waals surface area contributed by atoms with Crippen molar-refractivity contribution >= 4 is 15.4 Å². The fraction of sp³-hybridized carbons (Fsp3) is 0.833. The molecule has 4 nitrogen and oxygen atoms in total. The number of rotatable bonds is 1. The maximum absolute atomic E-state index is 11.0. The van der Waals surface area contributed by atoms with Crippen LogP contribution in [0.1, 0.15) is 6.42 Å². The van der Waals surface area contributed by atoms with Gasteiger partial charge in [0.05, 0.1) is 13.2 Å². The van der Waals surface area contributed by atoms with E-state index >= 15 is 0 Å². The third-order valence-corrected chi connectivity index (χ3v) is 2.36. The van der Waals surface area contributed by atoms with Gasteiger partial charge in [0.25, 0.3) is 0 Å².